The molecule has 0 saturated heterocycles. The largest absolute Gasteiger partial charge is 0.263 e. The van der Waals surface area contributed by atoms with Crippen molar-refractivity contribution >= 4 is 10.8 Å². The second-order valence-corrected chi connectivity index (χ2v) is 6.20. The van der Waals surface area contributed by atoms with Crippen molar-refractivity contribution in [3.05, 3.63) is 65.5 Å². The molecule has 0 aliphatic carbocycles. The molecular weight excluding hydrogens is 254 g/mol. The van der Waals surface area contributed by atoms with Crippen LogP contribution in [0.5, 0.6) is 0 Å². The standard InChI is InChI=1S/C20H21N/c1-13(2)16-5-6-19-18(10-16)11-21-12-20(19)17-8-14(3)7-15(4)9-17/h5-13H,1-4H3. The molecule has 1 nitrogen and oxygen atoms in total. The van der Waals surface area contributed by atoms with Crippen molar-refractivity contribution in [3.63, 3.8) is 0 Å². The first-order valence-corrected chi connectivity index (χ1v) is 7.51. The lowest BCUT2D eigenvalue weighted by Gasteiger charge is -2.11. The van der Waals surface area contributed by atoms with E-state index in [4.69, 9.17) is 0 Å². The number of benzene rings is 2. The van der Waals surface area contributed by atoms with E-state index >= 15 is 0 Å². The lowest BCUT2D eigenvalue weighted by Crippen LogP contribution is -1.90. The van der Waals surface area contributed by atoms with Crippen LogP contribution in [0.3, 0.4) is 0 Å². The van der Waals surface area contributed by atoms with Gasteiger partial charge in [-0.15, -0.1) is 0 Å². The highest BCUT2D eigenvalue weighted by atomic mass is 14.6. The third kappa shape index (κ3) is 2.69. The molecule has 3 aromatic rings. The Hall–Kier alpha value is -2.15. The van der Waals surface area contributed by atoms with Crippen LogP contribution in [0.2, 0.25) is 0 Å². The Bertz CT molecular complexity index is 780. The van der Waals surface area contributed by atoms with Gasteiger partial charge in [0.15, 0.2) is 0 Å². The lowest BCUT2D eigenvalue weighted by molar-refractivity contribution is 0.868. The predicted octanol–water partition coefficient (Wildman–Crippen LogP) is 5.64. The predicted molar refractivity (Wildman–Crippen MR) is 90.7 cm³/mol. The SMILES string of the molecule is Cc1cc(C)cc(-c2cncc3cc(C(C)C)ccc23)c1. The Morgan fingerprint density at radius 2 is 1.57 bits per heavy atom. The van der Waals surface area contributed by atoms with Gasteiger partial charge in [-0.3, -0.25) is 4.98 Å². The molecule has 0 aliphatic heterocycles. The second-order valence-electron chi connectivity index (χ2n) is 6.20. The first kappa shape index (κ1) is 13.8. The highest BCUT2D eigenvalue weighted by molar-refractivity contribution is 5.96. The van der Waals surface area contributed by atoms with Crippen LogP contribution >= 0.6 is 0 Å². The number of aromatic nitrogens is 1. The third-order valence-electron chi connectivity index (χ3n) is 3.98. The van der Waals surface area contributed by atoms with Crippen molar-refractivity contribution in [1.29, 1.82) is 0 Å². The molecule has 0 amide bonds. The van der Waals surface area contributed by atoms with Gasteiger partial charge in [-0.25, -0.2) is 0 Å². The highest BCUT2D eigenvalue weighted by Gasteiger charge is 2.07. The van der Waals surface area contributed by atoms with E-state index in [1.54, 1.807) is 0 Å². The van der Waals surface area contributed by atoms with Crippen LogP contribution in [-0.2, 0) is 0 Å². The smallest absolute Gasteiger partial charge is 0.0352 e. The minimum Gasteiger partial charge on any atom is -0.263 e. The van der Waals surface area contributed by atoms with Crippen LogP contribution in [0.1, 0.15) is 36.5 Å². The molecule has 0 atom stereocenters. The van der Waals surface area contributed by atoms with Crippen LogP contribution < -0.4 is 0 Å². The Morgan fingerprint density at radius 3 is 2.24 bits per heavy atom. The maximum absolute atomic E-state index is 4.45. The van der Waals surface area contributed by atoms with E-state index in [1.165, 1.54) is 38.6 Å². The molecule has 2 aromatic carbocycles. The molecule has 0 aliphatic rings. The average Bonchev–Trinajstić information content (AvgIpc) is 2.45. The number of fused-ring (bicyclic) bond motifs is 1. The summed E-state index contributed by atoms with van der Waals surface area (Å²) in [6.07, 6.45) is 3.94. The lowest BCUT2D eigenvalue weighted by atomic mass is 9.95. The second kappa shape index (κ2) is 5.33. The van der Waals surface area contributed by atoms with Gasteiger partial charge in [0.1, 0.15) is 0 Å². The molecule has 21 heavy (non-hydrogen) atoms. The normalized spacial score (nSPS) is 11.3. The van der Waals surface area contributed by atoms with Gasteiger partial charge in [-0.1, -0.05) is 55.3 Å². The minimum atomic E-state index is 0.541. The van der Waals surface area contributed by atoms with Crippen LogP contribution in [0.15, 0.2) is 48.8 Å². The fourth-order valence-electron chi connectivity index (χ4n) is 2.91. The minimum absolute atomic E-state index is 0.541. The number of pyridine rings is 1. The fraction of sp³-hybridized carbons (Fsp3) is 0.250. The zero-order valence-corrected chi connectivity index (χ0v) is 13.1. The molecule has 0 unspecified atom stereocenters. The van der Waals surface area contributed by atoms with E-state index in [-0.39, 0.29) is 0 Å². The Labute approximate surface area is 126 Å². The average molecular weight is 275 g/mol. The molecule has 106 valence electrons. The van der Waals surface area contributed by atoms with Gasteiger partial charge in [0, 0.05) is 23.3 Å². The summed E-state index contributed by atoms with van der Waals surface area (Å²) in [6, 6.07) is 13.4. The molecule has 0 bridgehead atoms. The van der Waals surface area contributed by atoms with Crippen molar-refractivity contribution in [3.8, 4) is 11.1 Å². The molecule has 0 spiro atoms. The molecule has 0 fully saturated rings. The Morgan fingerprint density at radius 1 is 0.857 bits per heavy atom. The van der Waals surface area contributed by atoms with Crippen molar-refractivity contribution in [2.45, 2.75) is 33.6 Å². The van der Waals surface area contributed by atoms with Gasteiger partial charge in [0.05, 0.1) is 0 Å². The first-order valence-electron chi connectivity index (χ1n) is 7.51. The molecule has 1 heteroatoms. The molecular formula is C20H21N. The molecule has 3 rings (SSSR count). The van der Waals surface area contributed by atoms with Crippen molar-refractivity contribution in [2.24, 2.45) is 0 Å². The number of nitrogens with zero attached hydrogens (tertiary/aromatic N) is 1. The van der Waals surface area contributed by atoms with Gasteiger partial charge < -0.3 is 0 Å². The quantitative estimate of drug-likeness (QED) is 0.589. The maximum atomic E-state index is 4.45. The summed E-state index contributed by atoms with van der Waals surface area (Å²) in [5.74, 6) is 0.541. The maximum Gasteiger partial charge on any atom is 0.0352 e. The van der Waals surface area contributed by atoms with E-state index < -0.39 is 0 Å². The fourth-order valence-corrected chi connectivity index (χ4v) is 2.91. The molecule has 0 radical (unpaired) electrons. The number of rotatable bonds is 2. The van der Waals surface area contributed by atoms with Gasteiger partial charge in [-0.05, 0) is 42.3 Å². The summed E-state index contributed by atoms with van der Waals surface area (Å²) in [7, 11) is 0. The highest BCUT2D eigenvalue weighted by Crippen LogP contribution is 2.30. The van der Waals surface area contributed by atoms with Crippen LogP contribution in [0.4, 0.5) is 0 Å². The Kier molecular flexibility index (Phi) is 3.50. The summed E-state index contributed by atoms with van der Waals surface area (Å²) >= 11 is 0. The molecule has 0 N–H and O–H groups in total. The number of hydrogen-bond acceptors (Lipinski definition) is 1. The van der Waals surface area contributed by atoms with E-state index in [0.717, 1.165) is 0 Å². The van der Waals surface area contributed by atoms with Crippen LogP contribution in [0.25, 0.3) is 21.9 Å². The van der Waals surface area contributed by atoms with Gasteiger partial charge in [0.2, 0.25) is 0 Å². The van der Waals surface area contributed by atoms with Gasteiger partial charge in [0.25, 0.3) is 0 Å². The third-order valence-corrected chi connectivity index (χ3v) is 3.98. The zero-order chi connectivity index (χ0) is 15.0. The number of hydrogen-bond donors (Lipinski definition) is 0. The summed E-state index contributed by atoms with van der Waals surface area (Å²) in [5.41, 5.74) is 6.42. The summed E-state index contributed by atoms with van der Waals surface area (Å²) in [6.45, 7) is 8.74. The Balaban J connectivity index is 2.23. The summed E-state index contributed by atoms with van der Waals surface area (Å²) in [5, 5.41) is 2.50. The van der Waals surface area contributed by atoms with Crippen molar-refractivity contribution in [2.75, 3.05) is 0 Å². The molecule has 0 saturated carbocycles. The topological polar surface area (TPSA) is 12.9 Å². The van der Waals surface area contributed by atoms with Crippen molar-refractivity contribution in [1.82, 2.24) is 4.98 Å². The first-order chi connectivity index (χ1) is 10.0. The van der Waals surface area contributed by atoms with E-state index in [0.29, 0.717) is 5.92 Å². The van der Waals surface area contributed by atoms with E-state index in [2.05, 4.69) is 69.1 Å². The van der Waals surface area contributed by atoms with E-state index in [1.807, 2.05) is 12.4 Å². The molecule has 1 heterocycles. The van der Waals surface area contributed by atoms with Gasteiger partial charge in [-0.2, -0.15) is 0 Å². The monoisotopic (exact) mass is 275 g/mol. The summed E-state index contributed by atoms with van der Waals surface area (Å²) < 4.78 is 0. The van der Waals surface area contributed by atoms with Crippen molar-refractivity contribution < 1.29 is 0 Å². The number of aryl methyl sites for hydroxylation is 2. The molecule has 1 aromatic heterocycles. The van der Waals surface area contributed by atoms with Crippen LogP contribution in [0, 0.1) is 13.8 Å². The van der Waals surface area contributed by atoms with Gasteiger partial charge >= 0.3 is 0 Å². The summed E-state index contributed by atoms with van der Waals surface area (Å²) in [4.78, 5) is 4.45. The van der Waals surface area contributed by atoms with E-state index in [9.17, 15) is 0 Å². The zero-order valence-electron chi connectivity index (χ0n) is 13.1. The van der Waals surface area contributed by atoms with Crippen LogP contribution in [-0.4, -0.2) is 4.98 Å².